The maximum atomic E-state index is 11.2. The SMILES string of the molecule is O=C(O)c1ccccc1-c1cc(Cl)cc([N+](=O)[O-])c1O. The van der Waals surface area contributed by atoms with Crippen molar-refractivity contribution in [1.82, 2.24) is 0 Å². The number of carboxylic acid groups (broad SMARTS) is 1. The van der Waals surface area contributed by atoms with Crippen molar-refractivity contribution >= 4 is 23.3 Å². The van der Waals surface area contributed by atoms with Crippen LogP contribution < -0.4 is 0 Å². The molecule has 20 heavy (non-hydrogen) atoms. The van der Waals surface area contributed by atoms with Gasteiger partial charge in [-0.1, -0.05) is 29.8 Å². The molecule has 0 atom stereocenters. The van der Waals surface area contributed by atoms with Crippen molar-refractivity contribution in [2.75, 3.05) is 0 Å². The lowest BCUT2D eigenvalue weighted by atomic mass is 9.98. The Morgan fingerprint density at radius 3 is 2.45 bits per heavy atom. The van der Waals surface area contributed by atoms with Gasteiger partial charge in [-0.15, -0.1) is 0 Å². The summed E-state index contributed by atoms with van der Waals surface area (Å²) < 4.78 is 0. The van der Waals surface area contributed by atoms with E-state index in [4.69, 9.17) is 16.7 Å². The highest BCUT2D eigenvalue weighted by Crippen LogP contribution is 2.40. The first-order valence-electron chi connectivity index (χ1n) is 5.41. The van der Waals surface area contributed by atoms with E-state index < -0.39 is 22.3 Å². The molecule has 0 bridgehead atoms. The predicted molar refractivity (Wildman–Crippen MR) is 72.2 cm³/mol. The van der Waals surface area contributed by atoms with Gasteiger partial charge < -0.3 is 10.2 Å². The van der Waals surface area contributed by atoms with E-state index >= 15 is 0 Å². The number of nitro groups is 1. The van der Waals surface area contributed by atoms with E-state index in [9.17, 15) is 20.0 Å². The quantitative estimate of drug-likeness (QED) is 0.668. The molecule has 7 heteroatoms. The fourth-order valence-corrected chi connectivity index (χ4v) is 2.05. The topological polar surface area (TPSA) is 101 Å². The second-order valence-corrected chi connectivity index (χ2v) is 4.37. The largest absolute Gasteiger partial charge is 0.502 e. The minimum Gasteiger partial charge on any atom is -0.502 e. The van der Waals surface area contributed by atoms with Gasteiger partial charge in [0, 0.05) is 22.2 Å². The fourth-order valence-electron chi connectivity index (χ4n) is 1.83. The maximum Gasteiger partial charge on any atom is 0.336 e. The molecule has 2 N–H and O–H groups in total. The number of nitrogens with zero attached hydrogens (tertiary/aromatic N) is 1. The standard InChI is InChI=1S/C13H8ClNO5/c14-7-5-10(12(16)11(6-7)15(19)20)8-3-1-2-4-9(8)13(17)18/h1-6,16H,(H,17,18). The summed E-state index contributed by atoms with van der Waals surface area (Å²) in [4.78, 5) is 21.2. The van der Waals surface area contributed by atoms with Crippen LogP contribution in [0, 0.1) is 10.1 Å². The second-order valence-electron chi connectivity index (χ2n) is 3.93. The highest BCUT2D eigenvalue weighted by atomic mass is 35.5. The third kappa shape index (κ3) is 2.41. The number of carbonyl (C=O) groups is 1. The Morgan fingerprint density at radius 1 is 1.20 bits per heavy atom. The van der Waals surface area contributed by atoms with E-state index in [1.54, 1.807) is 6.07 Å². The summed E-state index contributed by atoms with van der Waals surface area (Å²) in [6.07, 6.45) is 0. The van der Waals surface area contributed by atoms with Crippen LogP contribution in [-0.4, -0.2) is 21.1 Å². The summed E-state index contributed by atoms with van der Waals surface area (Å²) in [5.41, 5.74) is -0.502. The van der Waals surface area contributed by atoms with Gasteiger partial charge in [-0.05, 0) is 12.1 Å². The first-order valence-corrected chi connectivity index (χ1v) is 5.79. The highest BCUT2D eigenvalue weighted by molar-refractivity contribution is 6.31. The van der Waals surface area contributed by atoms with Gasteiger partial charge in [0.15, 0.2) is 0 Å². The monoisotopic (exact) mass is 293 g/mol. The minimum absolute atomic E-state index is 0.00204. The molecule has 0 fully saturated rings. The van der Waals surface area contributed by atoms with Crippen molar-refractivity contribution in [3.8, 4) is 16.9 Å². The first-order chi connectivity index (χ1) is 9.41. The molecule has 0 radical (unpaired) electrons. The molecule has 2 aromatic rings. The number of hydrogen-bond donors (Lipinski definition) is 2. The molecule has 0 heterocycles. The van der Waals surface area contributed by atoms with Crippen molar-refractivity contribution in [2.24, 2.45) is 0 Å². The van der Waals surface area contributed by atoms with Crippen molar-refractivity contribution in [3.63, 3.8) is 0 Å². The number of nitro benzene ring substituents is 1. The smallest absolute Gasteiger partial charge is 0.336 e. The van der Waals surface area contributed by atoms with Crippen molar-refractivity contribution in [1.29, 1.82) is 0 Å². The van der Waals surface area contributed by atoms with Crippen LogP contribution in [0.3, 0.4) is 0 Å². The number of carboxylic acids is 1. The zero-order valence-corrected chi connectivity index (χ0v) is 10.7. The van der Waals surface area contributed by atoms with Gasteiger partial charge in [-0.2, -0.15) is 0 Å². The summed E-state index contributed by atoms with van der Waals surface area (Å²) in [5.74, 6) is -1.82. The molecule has 0 saturated carbocycles. The third-order valence-corrected chi connectivity index (χ3v) is 2.92. The number of hydrogen-bond acceptors (Lipinski definition) is 4. The molecule has 0 aliphatic heterocycles. The average Bonchev–Trinajstić information content (AvgIpc) is 2.40. The van der Waals surface area contributed by atoms with E-state index in [0.717, 1.165) is 6.07 Å². The summed E-state index contributed by atoms with van der Waals surface area (Å²) in [5, 5.41) is 29.9. The number of halogens is 1. The molecule has 6 nitrogen and oxygen atoms in total. The molecule has 0 aliphatic rings. The summed E-state index contributed by atoms with van der Waals surface area (Å²) in [6.45, 7) is 0. The van der Waals surface area contributed by atoms with Crippen molar-refractivity contribution in [3.05, 3.63) is 57.1 Å². The van der Waals surface area contributed by atoms with Gasteiger partial charge in [0.25, 0.3) is 0 Å². The normalized spacial score (nSPS) is 10.2. The lowest BCUT2D eigenvalue weighted by Gasteiger charge is -2.09. The van der Waals surface area contributed by atoms with Gasteiger partial charge in [-0.25, -0.2) is 4.79 Å². The van der Waals surface area contributed by atoms with Crippen LogP contribution in [0.25, 0.3) is 11.1 Å². The summed E-state index contributed by atoms with van der Waals surface area (Å²) in [7, 11) is 0. The summed E-state index contributed by atoms with van der Waals surface area (Å²) >= 11 is 5.78. The van der Waals surface area contributed by atoms with Crippen LogP contribution in [0.2, 0.25) is 5.02 Å². The number of phenolic OH excluding ortho intramolecular Hbond substituents is 1. The van der Waals surface area contributed by atoms with Crippen LogP contribution in [-0.2, 0) is 0 Å². The summed E-state index contributed by atoms with van der Waals surface area (Å²) in [6, 6.07) is 8.15. The lowest BCUT2D eigenvalue weighted by molar-refractivity contribution is -0.385. The Morgan fingerprint density at radius 2 is 1.85 bits per heavy atom. The number of benzene rings is 2. The van der Waals surface area contributed by atoms with Crippen LogP contribution in [0.4, 0.5) is 5.69 Å². The Bertz CT molecular complexity index is 714. The fraction of sp³-hybridized carbons (Fsp3) is 0. The molecule has 0 amide bonds. The van der Waals surface area contributed by atoms with Crippen molar-refractivity contribution < 1.29 is 19.9 Å². The predicted octanol–water partition coefficient (Wildman–Crippen LogP) is 3.32. The molecular weight excluding hydrogens is 286 g/mol. The molecule has 0 aromatic heterocycles. The minimum atomic E-state index is -1.21. The van der Waals surface area contributed by atoms with Gasteiger partial charge in [0.2, 0.25) is 5.75 Å². The maximum absolute atomic E-state index is 11.2. The van der Waals surface area contributed by atoms with Crippen LogP contribution >= 0.6 is 11.6 Å². The van der Waals surface area contributed by atoms with E-state index in [1.165, 1.54) is 24.3 Å². The van der Waals surface area contributed by atoms with Crippen LogP contribution in [0.15, 0.2) is 36.4 Å². The number of aromatic carboxylic acids is 1. The molecule has 102 valence electrons. The number of rotatable bonds is 3. The van der Waals surface area contributed by atoms with Gasteiger partial charge in [0.1, 0.15) is 0 Å². The molecule has 2 rings (SSSR count). The number of aromatic hydroxyl groups is 1. The van der Waals surface area contributed by atoms with Gasteiger partial charge >= 0.3 is 11.7 Å². The molecule has 0 spiro atoms. The zero-order valence-electron chi connectivity index (χ0n) is 9.91. The van der Waals surface area contributed by atoms with Crippen LogP contribution in [0.1, 0.15) is 10.4 Å². The van der Waals surface area contributed by atoms with E-state index in [2.05, 4.69) is 0 Å². The Kier molecular flexibility index (Phi) is 3.58. The van der Waals surface area contributed by atoms with Gasteiger partial charge in [-0.3, -0.25) is 10.1 Å². The zero-order chi connectivity index (χ0) is 14.9. The molecule has 2 aromatic carbocycles. The molecular formula is C13H8ClNO5. The van der Waals surface area contributed by atoms with Gasteiger partial charge in [0.05, 0.1) is 10.5 Å². The first kappa shape index (κ1) is 13.8. The Balaban J connectivity index is 2.77. The Hall–Kier alpha value is -2.60. The lowest BCUT2D eigenvalue weighted by Crippen LogP contribution is -2.00. The molecule has 0 aliphatic carbocycles. The number of phenols is 1. The second kappa shape index (κ2) is 5.18. The van der Waals surface area contributed by atoms with E-state index in [1.807, 2.05) is 0 Å². The average molecular weight is 294 g/mol. The highest BCUT2D eigenvalue weighted by Gasteiger charge is 2.22. The molecule has 0 unspecified atom stereocenters. The van der Waals surface area contributed by atoms with Crippen LogP contribution in [0.5, 0.6) is 5.75 Å². The Labute approximate surface area is 118 Å². The van der Waals surface area contributed by atoms with E-state index in [0.29, 0.717) is 0 Å². The van der Waals surface area contributed by atoms with E-state index in [-0.39, 0.29) is 21.7 Å². The third-order valence-electron chi connectivity index (χ3n) is 2.70. The molecule has 0 saturated heterocycles. The van der Waals surface area contributed by atoms with Crippen molar-refractivity contribution in [2.45, 2.75) is 0 Å².